The second kappa shape index (κ2) is 7.54. The van der Waals surface area contributed by atoms with Crippen LogP contribution in [0.2, 0.25) is 0 Å². The third-order valence-corrected chi connectivity index (χ3v) is 3.35. The lowest BCUT2D eigenvalue weighted by molar-refractivity contribution is 0.169. The Kier molecular flexibility index (Phi) is 5.47. The van der Waals surface area contributed by atoms with Crippen molar-refractivity contribution in [2.45, 2.75) is 46.3 Å². The third kappa shape index (κ3) is 4.39. The van der Waals surface area contributed by atoms with Crippen LogP contribution >= 0.6 is 0 Å². The number of nitrogens with zero attached hydrogens (tertiary/aromatic N) is 6. The molecule has 1 aromatic heterocycles. The first-order chi connectivity index (χ1) is 11.0. The Morgan fingerprint density at radius 2 is 1.83 bits per heavy atom. The largest absolute Gasteiger partial charge is 0.273 e. The second-order valence-corrected chi connectivity index (χ2v) is 5.92. The molecule has 0 radical (unpaired) electrons. The van der Waals surface area contributed by atoms with Crippen molar-refractivity contribution in [3.63, 3.8) is 0 Å². The summed E-state index contributed by atoms with van der Waals surface area (Å²) in [6, 6.07) is 12.6. The molecule has 2 rings (SSSR count). The van der Waals surface area contributed by atoms with Gasteiger partial charge in [0.1, 0.15) is 11.6 Å². The fourth-order valence-corrected chi connectivity index (χ4v) is 2.31. The van der Waals surface area contributed by atoms with E-state index in [4.69, 9.17) is 0 Å². The molecule has 0 N–H and O–H groups in total. The predicted molar refractivity (Wildman–Crippen MR) is 89.1 cm³/mol. The van der Waals surface area contributed by atoms with E-state index >= 15 is 0 Å². The molecule has 1 aromatic carbocycles. The van der Waals surface area contributed by atoms with Gasteiger partial charge in [0, 0.05) is 18.3 Å². The van der Waals surface area contributed by atoms with Crippen LogP contribution in [0.25, 0.3) is 0 Å². The molecule has 0 aliphatic carbocycles. The van der Waals surface area contributed by atoms with Gasteiger partial charge < -0.3 is 0 Å². The minimum Gasteiger partial charge on any atom is -0.273 e. The van der Waals surface area contributed by atoms with Crippen LogP contribution in [-0.2, 0) is 6.54 Å². The number of rotatable bonds is 6. The van der Waals surface area contributed by atoms with Gasteiger partial charge in [-0.05, 0) is 33.3 Å². The van der Waals surface area contributed by atoms with Crippen molar-refractivity contribution in [3.05, 3.63) is 47.7 Å². The van der Waals surface area contributed by atoms with E-state index in [9.17, 15) is 5.26 Å². The molecular weight excluding hydrogens is 288 g/mol. The van der Waals surface area contributed by atoms with Crippen LogP contribution in [0.4, 0.5) is 5.82 Å². The Morgan fingerprint density at radius 1 is 1.17 bits per heavy atom. The van der Waals surface area contributed by atoms with Crippen molar-refractivity contribution in [2.75, 3.05) is 0 Å². The summed E-state index contributed by atoms with van der Waals surface area (Å²) in [6.07, 6.45) is 1.70. The highest BCUT2D eigenvalue weighted by atomic mass is 15.6. The van der Waals surface area contributed by atoms with Crippen LogP contribution in [0.3, 0.4) is 0 Å². The van der Waals surface area contributed by atoms with E-state index in [0.717, 1.165) is 5.56 Å². The molecule has 0 saturated heterocycles. The maximum atomic E-state index is 9.26. The zero-order chi connectivity index (χ0) is 16.8. The zero-order valence-corrected chi connectivity index (χ0v) is 14.0. The predicted octanol–water partition coefficient (Wildman–Crippen LogP) is 3.92. The maximum absolute atomic E-state index is 9.26. The highest BCUT2D eigenvalue weighted by Gasteiger charge is 2.13. The standard InChI is InChI=1S/C17H22N6/c1-13(2)23(14(3)4)21-19-17-16(10-18)12-22(20-17)11-15-8-6-5-7-9-15/h5-9,12-14H,11H2,1-4H3. The summed E-state index contributed by atoms with van der Waals surface area (Å²) in [4.78, 5) is 0. The lowest BCUT2D eigenvalue weighted by Crippen LogP contribution is -2.31. The molecule has 23 heavy (non-hydrogen) atoms. The molecule has 0 unspecified atom stereocenters. The third-order valence-electron chi connectivity index (χ3n) is 3.35. The summed E-state index contributed by atoms with van der Waals surface area (Å²) in [5, 5.41) is 24.0. The van der Waals surface area contributed by atoms with Gasteiger partial charge in [-0.15, -0.1) is 10.2 Å². The molecule has 6 heteroatoms. The number of hydrogen-bond acceptors (Lipinski definition) is 4. The average molecular weight is 310 g/mol. The fraction of sp³-hybridized carbons (Fsp3) is 0.412. The van der Waals surface area contributed by atoms with Crippen LogP contribution in [0, 0.1) is 11.3 Å². The molecular formula is C17H22N6. The normalized spacial score (nSPS) is 11.3. The van der Waals surface area contributed by atoms with Crippen LogP contribution in [0.1, 0.15) is 38.8 Å². The zero-order valence-electron chi connectivity index (χ0n) is 14.0. The second-order valence-electron chi connectivity index (χ2n) is 5.92. The maximum Gasteiger partial charge on any atom is 0.215 e. The SMILES string of the molecule is CC(C)N(N=Nc1nn(Cc2ccccc2)cc1C#N)C(C)C. The molecule has 0 atom stereocenters. The number of hydrogen-bond donors (Lipinski definition) is 0. The fourth-order valence-electron chi connectivity index (χ4n) is 2.31. The van der Waals surface area contributed by atoms with Gasteiger partial charge >= 0.3 is 0 Å². The average Bonchev–Trinajstić information content (AvgIpc) is 2.89. The molecule has 6 nitrogen and oxygen atoms in total. The van der Waals surface area contributed by atoms with Crippen molar-refractivity contribution < 1.29 is 0 Å². The summed E-state index contributed by atoms with van der Waals surface area (Å²) in [5.74, 6) is 0.356. The molecule has 0 amide bonds. The van der Waals surface area contributed by atoms with Gasteiger partial charge in [-0.2, -0.15) is 5.26 Å². The highest BCUT2D eigenvalue weighted by molar-refractivity contribution is 5.45. The molecule has 0 aliphatic heterocycles. The monoisotopic (exact) mass is 310 g/mol. The van der Waals surface area contributed by atoms with Crippen LogP contribution in [0.5, 0.6) is 0 Å². The van der Waals surface area contributed by atoms with Gasteiger partial charge in [0.15, 0.2) is 0 Å². The highest BCUT2D eigenvalue weighted by Crippen LogP contribution is 2.18. The quantitative estimate of drug-likeness (QED) is 0.599. The summed E-state index contributed by atoms with van der Waals surface area (Å²) in [5.41, 5.74) is 1.55. The van der Waals surface area contributed by atoms with Crippen molar-refractivity contribution >= 4 is 5.82 Å². The Morgan fingerprint density at radius 3 is 2.39 bits per heavy atom. The molecule has 2 aromatic rings. The van der Waals surface area contributed by atoms with E-state index in [1.807, 2.05) is 35.3 Å². The molecule has 0 bridgehead atoms. The van der Waals surface area contributed by atoms with Gasteiger partial charge in [-0.1, -0.05) is 35.6 Å². The van der Waals surface area contributed by atoms with Crippen molar-refractivity contribution in [2.24, 2.45) is 10.3 Å². The minimum atomic E-state index is 0.232. The van der Waals surface area contributed by atoms with Crippen LogP contribution < -0.4 is 0 Å². The van der Waals surface area contributed by atoms with E-state index in [2.05, 4.69) is 49.2 Å². The topological polar surface area (TPSA) is 69.6 Å². The summed E-state index contributed by atoms with van der Waals surface area (Å²) < 4.78 is 1.72. The molecule has 0 saturated carbocycles. The van der Waals surface area contributed by atoms with E-state index in [-0.39, 0.29) is 12.1 Å². The van der Waals surface area contributed by atoms with Crippen molar-refractivity contribution in [3.8, 4) is 6.07 Å². The summed E-state index contributed by atoms with van der Waals surface area (Å²) in [7, 11) is 0. The van der Waals surface area contributed by atoms with E-state index in [1.54, 1.807) is 10.9 Å². The first kappa shape index (κ1) is 16.7. The molecule has 0 aliphatic rings. The van der Waals surface area contributed by atoms with Gasteiger partial charge in [0.25, 0.3) is 0 Å². The Bertz CT molecular complexity index is 686. The Balaban J connectivity index is 2.21. The van der Waals surface area contributed by atoms with Crippen LogP contribution in [0.15, 0.2) is 46.9 Å². The summed E-state index contributed by atoms with van der Waals surface area (Å²) in [6.45, 7) is 8.82. The van der Waals surface area contributed by atoms with Crippen molar-refractivity contribution in [1.82, 2.24) is 14.8 Å². The van der Waals surface area contributed by atoms with E-state index < -0.39 is 0 Å². The molecule has 120 valence electrons. The lowest BCUT2D eigenvalue weighted by Gasteiger charge is -2.25. The number of nitriles is 1. The Labute approximate surface area is 137 Å². The Hall–Kier alpha value is -2.68. The number of aromatic nitrogens is 2. The first-order valence-corrected chi connectivity index (χ1v) is 7.72. The summed E-state index contributed by atoms with van der Waals surface area (Å²) >= 11 is 0. The molecule has 0 spiro atoms. The van der Waals surface area contributed by atoms with Crippen LogP contribution in [-0.4, -0.2) is 26.9 Å². The first-order valence-electron chi connectivity index (χ1n) is 7.72. The smallest absolute Gasteiger partial charge is 0.215 e. The van der Waals surface area contributed by atoms with E-state index in [0.29, 0.717) is 17.9 Å². The number of benzene rings is 1. The van der Waals surface area contributed by atoms with Gasteiger partial charge in [0.2, 0.25) is 5.82 Å². The lowest BCUT2D eigenvalue weighted by atomic mass is 10.2. The van der Waals surface area contributed by atoms with Gasteiger partial charge in [0.05, 0.1) is 6.54 Å². The minimum absolute atomic E-state index is 0.232. The van der Waals surface area contributed by atoms with E-state index in [1.165, 1.54) is 0 Å². The van der Waals surface area contributed by atoms with Gasteiger partial charge in [-0.3, -0.25) is 9.69 Å². The molecule has 0 fully saturated rings. The van der Waals surface area contributed by atoms with Crippen molar-refractivity contribution in [1.29, 1.82) is 5.26 Å². The molecule has 1 heterocycles. The van der Waals surface area contributed by atoms with Gasteiger partial charge in [-0.25, -0.2) is 0 Å².